The predicted molar refractivity (Wildman–Crippen MR) is 106 cm³/mol. The Bertz CT molecular complexity index is 922. The summed E-state index contributed by atoms with van der Waals surface area (Å²) >= 11 is 0. The second kappa shape index (κ2) is 8.67. The summed E-state index contributed by atoms with van der Waals surface area (Å²) in [5, 5.41) is 5.62. The SMILES string of the molecule is CCOc1ccc(NC(=O)c2cccc(C(=O)Nc3ccccc3)c2)cc1. The highest BCUT2D eigenvalue weighted by molar-refractivity contribution is 6.08. The van der Waals surface area contributed by atoms with Gasteiger partial charge in [-0.1, -0.05) is 24.3 Å². The first kappa shape index (κ1) is 18.2. The summed E-state index contributed by atoms with van der Waals surface area (Å²) in [6.45, 7) is 2.50. The van der Waals surface area contributed by atoms with Gasteiger partial charge in [-0.3, -0.25) is 9.59 Å². The molecule has 27 heavy (non-hydrogen) atoms. The lowest BCUT2D eigenvalue weighted by atomic mass is 10.1. The number of carbonyl (C=O) groups excluding carboxylic acids is 2. The predicted octanol–water partition coefficient (Wildman–Crippen LogP) is 4.59. The normalized spacial score (nSPS) is 10.1. The maximum atomic E-state index is 12.5. The molecule has 0 radical (unpaired) electrons. The van der Waals surface area contributed by atoms with E-state index >= 15 is 0 Å². The lowest BCUT2D eigenvalue weighted by molar-refractivity contribution is 0.102. The minimum Gasteiger partial charge on any atom is -0.494 e. The Morgan fingerprint density at radius 1 is 0.741 bits per heavy atom. The number of hydrogen-bond acceptors (Lipinski definition) is 3. The number of benzene rings is 3. The fraction of sp³-hybridized carbons (Fsp3) is 0.0909. The van der Waals surface area contributed by atoms with E-state index < -0.39 is 0 Å². The Labute approximate surface area is 158 Å². The zero-order valence-corrected chi connectivity index (χ0v) is 14.9. The zero-order chi connectivity index (χ0) is 19.1. The van der Waals surface area contributed by atoms with Gasteiger partial charge in [0.25, 0.3) is 11.8 Å². The molecule has 0 unspecified atom stereocenters. The van der Waals surface area contributed by atoms with Crippen LogP contribution in [0.4, 0.5) is 11.4 Å². The summed E-state index contributed by atoms with van der Waals surface area (Å²) in [6, 6.07) is 22.9. The molecule has 0 bridgehead atoms. The molecule has 0 heterocycles. The molecule has 3 aromatic carbocycles. The van der Waals surface area contributed by atoms with E-state index in [0.29, 0.717) is 29.1 Å². The Morgan fingerprint density at radius 3 is 1.85 bits per heavy atom. The molecule has 5 nitrogen and oxygen atoms in total. The van der Waals surface area contributed by atoms with Gasteiger partial charge < -0.3 is 15.4 Å². The van der Waals surface area contributed by atoms with Crippen LogP contribution >= 0.6 is 0 Å². The van der Waals surface area contributed by atoms with Gasteiger partial charge in [-0.15, -0.1) is 0 Å². The monoisotopic (exact) mass is 360 g/mol. The minimum absolute atomic E-state index is 0.267. The van der Waals surface area contributed by atoms with E-state index in [1.54, 1.807) is 60.7 Å². The Hall–Kier alpha value is -3.60. The molecule has 0 spiro atoms. The first-order valence-electron chi connectivity index (χ1n) is 8.66. The van der Waals surface area contributed by atoms with Crippen molar-refractivity contribution in [3.05, 3.63) is 90.0 Å². The molecule has 0 atom stereocenters. The van der Waals surface area contributed by atoms with E-state index in [1.807, 2.05) is 25.1 Å². The number of nitrogens with one attached hydrogen (secondary N) is 2. The second-order valence-corrected chi connectivity index (χ2v) is 5.81. The van der Waals surface area contributed by atoms with Gasteiger partial charge in [0, 0.05) is 22.5 Å². The fourth-order valence-corrected chi connectivity index (χ4v) is 2.53. The van der Waals surface area contributed by atoms with Gasteiger partial charge in [0.05, 0.1) is 6.61 Å². The minimum atomic E-state index is -0.284. The molecule has 2 amide bonds. The van der Waals surface area contributed by atoms with E-state index in [-0.39, 0.29) is 11.8 Å². The molecular weight excluding hydrogens is 340 g/mol. The van der Waals surface area contributed by atoms with Crippen molar-refractivity contribution in [1.82, 2.24) is 0 Å². The third kappa shape index (κ3) is 4.95. The topological polar surface area (TPSA) is 67.4 Å². The summed E-state index contributed by atoms with van der Waals surface area (Å²) in [5.41, 5.74) is 2.18. The summed E-state index contributed by atoms with van der Waals surface area (Å²) in [5.74, 6) is 0.195. The molecule has 0 aliphatic carbocycles. The molecule has 136 valence electrons. The largest absolute Gasteiger partial charge is 0.494 e. The van der Waals surface area contributed by atoms with Gasteiger partial charge in [-0.25, -0.2) is 0 Å². The Balaban J connectivity index is 1.68. The van der Waals surface area contributed by atoms with Crippen LogP contribution in [-0.4, -0.2) is 18.4 Å². The molecule has 2 N–H and O–H groups in total. The fourth-order valence-electron chi connectivity index (χ4n) is 2.53. The summed E-state index contributed by atoms with van der Waals surface area (Å²) < 4.78 is 5.38. The first-order valence-corrected chi connectivity index (χ1v) is 8.66. The maximum absolute atomic E-state index is 12.5. The van der Waals surface area contributed by atoms with E-state index in [1.165, 1.54) is 0 Å². The number of anilines is 2. The van der Waals surface area contributed by atoms with Crippen LogP contribution in [0.1, 0.15) is 27.6 Å². The van der Waals surface area contributed by atoms with Crippen molar-refractivity contribution in [2.24, 2.45) is 0 Å². The van der Waals surface area contributed by atoms with Gasteiger partial charge >= 0.3 is 0 Å². The van der Waals surface area contributed by atoms with Crippen LogP contribution in [0.25, 0.3) is 0 Å². The van der Waals surface area contributed by atoms with Gasteiger partial charge in [0.15, 0.2) is 0 Å². The lowest BCUT2D eigenvalue weighted by Gasteiger charge is -2.09. The van der Waals surface area contributed by atoms with Crippen molar-refractivity contribution in [3.8, 4) is 5.75 Å². The van der Waals surface area contributed by atoms with Crippen LogP contribution in [0.5, 0.6) is 5.75 Å². The summed E-state index contributed by atoms with van der Waals surface area (Å²) in [4.78, 5) is 24.9. The third-order valence-corrected chi connectivity index (χ3v) is 3.84. The van der Waals surface area contributed by atoms with Gasteiger partial charge in [-0.2, -0.15) is 0 Å². The highest BCUT2D eigenvalue weighted by atomic mass is 16.5. The highest BCUT2D eigenvalue weighted by Gasteiger charge is 2.11. The van der Waals surface area contributed by atoms with E-state index in [0.717, 1.165) is 5.75 Å². The van der Waals surface area contributed by atoms with Crippen LogP contribution in [0.2, 0.25) is 0 Å². The van der Waals surface area contributed by atoms with Gasteiger partial charge in [0.1, 0.15) is 5.75 Å². The summed E-state index contributed by atoms with van der Waals surface area (Å²) in [7, 11) is 0. The molecule has 3 rings (SSSR count). The number of rotatable bonds is 6. The van der Waals surface area contributed by atoms with Crippen LogP contribution in [0, 0.1) is 0 Å². The Morgan fingerprint density at radius 2 is 1.30 bits per heavy atom. The summed E-state index contributed by atoms with van der Waals surface area (Å²) in [6.07, 6.45) is 0. The van der Waals surface area contributed by atoms with Crippen molar-refractivity contribution in [2.45, 2.75) is 6.92 Å². The number of amides is 2. The van der Waals surface area contributed by atoms with Crippen molar-refractivity contribution in [2.75, 3.05) is 17.2 Å². The smallest absolute Gasteiger partial charge is 0.255 e. The molecular formula is C22H20N2O3. The van der Waals surface area contributed by atoms with Crippen LogP contribution < -0.4 is 15.4 Å². The van der Waals surface area contributed by atoms with Crippen LogP contribution in [0.3, 0.4) is 0 Å². The highest BCUT2D eigenvalue weighted by Crippen LogP contribution is 2.17. The number of ether oxygens (including phenoxy) is 1. The second-order valence-electron chi connectivity index (χ2n) is 5.81. The molecule has 0 saturated carbocycles. The first-order chi connectivity index (χ1) is 13.2. The molecule has 0 saturated heterocycles. The number of carbonyl (C=O) groups is 2. The standard InChI is InChI=1S/C22H20N2O3/c1-2-27-20-13-11-19(12-14-20)24-22(26)17-8-6-7-16(15-17)21(25)23-18-9-4-3-5-10-18/h3-15H,2H2,1H3,(H,23,25)(H,24,26). The van der Waals surface area contributed by atoms with E-state index in [4.69, 9.17) is 4.74 Å². The van der Waals surface area contributed by atoms with Crippen LogP contribution in [-0.2, 0) is 0 Å². The number of hydrogen-bond donors (Lipinski definition) is 2. The van der Waals surface area contributed by atoms with Gasteiger partial charge in [0.2, 0.25) is 0 Å². The van der Waals surface area contributed by atoms with E-state index in [9.17, 15) is 9.59 Å². The quantitative estimate of drug-likeness (QED) is 0.676. The van der Waals surface area contributed by atoms with Crippen molar-refractivity contribution in [1.29, 1.82) is 0 Å². The Kier molecular flexibility index (Phi) is 5.84. The van der Waals surface area contributed by atoms with Crippen molar-refractivity contribution >= 4 is 23.2 Å². The molecule has 5 heteroatoms. The molecule has 0 aromatic heterocycles. The lowest BCUT2D eigenvalue weighted by Crippen LogP contribution is -2.15. The van der Waals surface area contributed by atoms with E-state index in [2.05, 4.69) is 10.6 Å². The van der Waals surface area contributed by atoms with Crippen molar-refractivity contribution in [3.63, 3.8) is 0 Å². The average Bonchev–Trinajstić information content (AvgIpc) is 2.70. The molecule has 0 fully saturated rings. The molecule has 0 aliphatic rings. The number of para-hydroxylation sites is 1. The molecule has 0 aliphatic heterocycles. The van der Waals surface area contributed by atoms with Crippen molar-refractivity contribution < 1.29 is 14.3 Å². The molecule has 3 aromatic rings. The maximum Gasteiger partial charge on any atom is 0.255 e. The van der Waals surface area contributed by atoms with Gasteiger partial charge in [-0.05, 0) is 61.5 Å². The average molecular weight is 360 g/mol. The van der Waals surface area contributed by atoms with Crippen LogP contribution in [0.15, 0.2) is 78.9 Å². The zero-order valence-electron chi connectivity index (χ0n) is 14.9. The third-order valence-electron chi connectivity index (χ3n) is 3.84.